The number of ether oxygens (including phenoxy) is 1. The van der Waals surface area contributed by atoms with Crippen LogP contribution >= 0.6 is 0 Å². The van der Waals surface area contributed by atoms with Crippen LogP contribution in [0.4, 0.5) is 10.1 Å². The first-order valence-corrected chi connectivity index (χ1v) is 7.49. The van der Waals surface area contributed by atoms with E-state index in [4.69, 9.17) is 4.74 Å². The van der Waals surface area contributed by atoms with Crippen LogP contribution in [-0.2, 0) is 9.53 Å². The standard InChI is InChI=1S/C16H21FN2O2/c1-16(12-6-8-18-9-7-12)11-19(15(20)10-21-16)14-4-2-13(17)3-5-14/h2-5,12,18H,6-11H2,1H3. The highest BCUT2D eigenvalue weighted by Gasteiger charge is 2.42. The predicted octanol–water partition coefficient (Wildman–Crippen LogP) is 1.95. The SMILES string of the molecule is CC1(C2CCNCC2)CN(c2ccc(F)cc2)C(=O)CO1. The van der Waals surface area contributed by atoms with E-state index in [2.05, 4.69) is 12.2 Å². The molecular formula is C16H21FN2O2. The first kappa shape index (κ1) is 14.5. The second-order valence-electron chi connectivity index (χ2n) is 6.08. The predicted molar refractivity (Wildman–Crippen MR) is 78.7 cm³/mol. The molecule has 21 heavy (non-hydrogen) atoms. The third-order valence-electron chi connectivity index (χ3n) is 4.64. The first-order valence-electron chi connectivity index (χ1n) is 7.49. The van der Waals surface area contributed by atoms with Crippen LogP contribution in [0.1, 0.15) is 19.8 Å². The van der Waals surface area contributed by atoms with Crippen LogP contribution in [0.15, 0.2) is 24.3 Å². The van der Waals surface area contributed by atoms with Gasteiger partial charge in [0.05, 0.1) is 12.1 Å². The van der Waals surface area contributed by atoms with Crippen molar-refractivity contribution in [1.29, 1.82) is 0 Å². The summed E-state index contributed by atoms with van der Waals surface area (Å²) in [5.74, 6) is 0.0865. The van der Waals surface area contributed by atoms with Gasteiger partial charge in [-0.3, -0.25) is 4.79 Å². The summed E-state index contributed by atoms with van der Waals surface area (Å²) in [6.07, 6.45) is 2.11. The fourth-order valence-electron chi connectivity index (χ4n) is 3.29. The molecule has 2 aliphatic rings. The zero-order chi connectivity index (χ0) is 14.9. The minimum atomic E-state index is -0.329. The number of anilines is 1. The van der Waals surface area contributed by atoms with Crippen LogP contribution in [0.2, 0.25) is 0 Å². The van der Waals surface area contributed by atoms with Crippen LogP contribution in [0, 0.1) is 11.7 Å². The Morgan fingerprint density at radius 1 is 1.29 bits per heavy atom. The van der Waals surface area contributed by atoms with Gasteiger partial charge >= 0.3 is 0 Å². The molecule has 2 fully saturated rings. The van der Waals surface area contributed by atoms with Crippen molar-refractivity contribution in [1.82, 2.24) is 5.32 Å². The number of hydrogen-bond acceptors (Lipinski definition) is 3. The maximum Gasteiger partial charge on any atom is 0.253 e. The van der Waals surface area contributed by atoms with E-state index in [1.807, 2.05) is 0 Å². The number of carbonyl (C=O) groups excluding carboxylic acids is 1. The molecule has 1 aromatic carbocycles. The highest BCUT2D eigenvalue weighted by Crippen LogP contribution is 2.34. The van der Waals surface area contributed by atoms with Gasteiger partial charge in [0, 0.05) is 5.69 Å². The van der Waals surface area contributed by atoms with Gasteiger partial charge in [-0.2, -0.15) is 0 Å². The molecule has 114 valence electrons. The summed E-state index contributed by atoms with van der Waals surface area (Å²) in [6, 6.07) is 6.09. The molecule has 1 unspecified atom stereocenters. The van der Waals surface area contributed by atoms with Gasteiger partial charge in [0.1, 0.15) is 12.4 Å². The fraction of sp³-hybridized carbons (Fsp3) is 0.562. The van der Waals surface area contributed by atoms with Gasteiger partial charge in [-0.15, -0.1) is 0 Å². The molecular weight excluding hydrogens is 271 g/mol. The minimum absolute atomic E-state index is 0.0620. The number of halogens is 1. The van der Waals surface area contributed by atoms with Crippen molar-refractivity contribution in [2.24, 2.45) is 5.92 Å². The Bertz CT molecular complexity index is 514. The molecule has 1 aromatic rings. The lowest BCUT2D eigenvalue weighted by Crippen LogP contribution is -2.58. The number of rotatable bonds is 2. The van der Waals surface area contributed by atoms with Gasteiger partial charge in [-0.05, 0) is 63.0 Å². The zero-order valence-electron chi connectivity index (χ0n) is 12.3. The topological polar surface area (TPSA) is 41.6 Å². The Hall–Kier alpha value is -1.46. The van der Waals surface area contributed by atoms with E-state index in [0.717, 1.165) is 31.6 Å². The smallest absolute Gasteiger partial charge is 0.253 e. The zero-order valence-corrected chi connectivity index (χ0v) is 12.3. The lowest BCUT2D eigenvalue weighted by molar-refractivity contribution is -0.144. The van der Waals surface area contributed by atoms with Crippen molar-refractivity contribution in [3.8, 4) is 0 Å². The molecule has 4 nitrogen and oxygen atoms in total. The Labute approximate surface area is 124 Å². The molecule has 5 heteroatoms. The molecule has 0 aromatic heterocycles. The Morgan fingerprint density at radius 3 is 2.62 bits per heavy atom. The van der Waals surface area contributed by atoms with E-state index in [1.165, 1.54) is 12.1 Å². The van der Waals surface area contributed by atoms with Gasteiger partial charge in [0.25, 0.3) is 5.91 Å². The summed E-state index contributed by atoms with van der Waals surface area (Å²) in [5, 5.41) is 3.35. The summed E-state index contributed by atoms with van der Waals surface area (Å²) < 4.78 is 19.0. The minimum Gasteiger partial charge on any atom is -0.363 e. The Kier molecular flexibility index (Phi) is 3.95. The number of nitrogens with zero attached hydrogens (tertiary/aromatic N) is 1. The number of morpholine rings is 1. The third-order valence-corrected chi connectivity index (χ3v) is 4.64. The molecule has 2 saturated heterocycles. The van der Waals surface area contributed by atoms with Gasteiger partial charge in [0.2, 0.25) is 0 Å². The monoisotopic (exact) mass is 292 g/mol. The molecule has 0 spiro atoms. The number of hydrogen-bond donors (Lipinski definition) is 1. The van der Waals surface area contributed by atoms with Crippen molar-refractivity contribution < 1.29 is 13.9 Å². The molecule has 2 aliphatic heterocycles. The lowest BCUT2D eigenvalue weighted by Gasteiger charge is -2.46. The molecule has 2 heterocycles. The first-order chi connectivity index (χ1) is 10.1. The van der Waals surface area contributed by atoms with Crippen molar-refractivity contribution in [2.75, 3.05) is 31.1 Å². The largest absolute Gasteiger partial charge is 0.363 e. The third kappa shape index (κ3) is 2.94. The van der Waals surface area contributed by atoms with E-state index in [0.29, 0.717) is 12.5 Å². The number of benzene rings is 1. The normalized spacial score (nSPS) is 27.9. The van der Waals surface area contributed by atoms with E-state index in [1.54, 1.807) is 17.0 Å². The summed E-state index contributed by atoms with van der Waals surface area (Å²) in [6.45, 7) is 4.70. The average Bonchev–Trinajstić information content (AvgIpc) is 2.52. The summed E-state index contributed by atoms with van der Waals surface area (Å²) >= 11 is 0. The second kappa shape index (κ2) is 5.73. The molecule has 0 saturated carbocycles. The highest BCUT2D eigenvalue weighted by molar-refractivity contribution is 5.95. The van der Waals surface area contributed by atoms with E-state index in [9.17, 15) is 9.18 Å². The van der Waals surface area contributed by atoms with Gasteiger partial charge in [-0.25, -0.2) is 4.39 Å². The lowest BCUT2D eigenvalue weighted by atomic mass is 9.81. The molecule has 1 N–H and O–H groups in total. The van der Waals surface area contributed by atoms with Crippen molar-refractivity contribution in [2.45, 2.75) is 25.4 Å². The number of amides is 1. The van der Waals surface area contributed by atoms with Gasteiger partial charge in [-0.1, -0.05) is 0 Å². The van der Waals surface area contributed by atoms with Crippen LogP contribution in [0.5, 0.6) is 0 Å². The number of nitrogens with one attached hydrogen (secondary N) is 1. The highest BCUT2D eigenvalue weighted by atomic mass is 19.1. The van der Waals surface area contributed by atoms with Crippen molar-refractivity contribution in [3.63, 3.8) is 0 Å². The maximum atomic E-state index is 13.1. The number of piperidine rings is 1. The Morgan fingerprint density at radius 2 is 1.95 bits per heavy atom. The van der Waals surface area contributed by atoms with E-state index < -0.39 is 0 Å². The summed E-state index contributed by atoms with van der Waals surface area (Å²) in [4.78, 5) is 13.9. The average molecular weight is 292 g/mol. The molecule has 1 atom stereocenters. The van der Waals surface area contributed by atoms with E-state index in [-0.39, 0.29) is 23.9 Å². The van der Waals surface area contributed by atoms with Crippen LogP contribution < -0.4 is 10.2 Å². The van der Waals surface area contributed by atoms with Gasteiger partial charge in [0.15, 0.2) is 0 Å². The van der Waals surface area contributed by atoms with Crippen molar-refractivity contribution in [3.05, 3.63) is 30.1 Å². The quantitative estimate of drug-likeness (QED) is 0.906. The number of carbonyl (C=O) groups is 1. The second-order valence-corrected chi connectivity index (χ2v) is 6.08. The summed E-state index contributed by atoms with van der Waals surface area (Å²) in [5.41, 5.74) is 0.412. The van der Waals surface area contributed by atoms with Gasteiger partial charge < -0.3 is 15.0 Å². The Balaban J connectivity index is 1.80. The maximum absolute atomic E-state index is 13.1. The molecule has 3 rings (SSSR count). The van der Waals surface area contributed by atoms with E-state index >= 15 is 0 Å². The van der Waals surface area contributed by atoms with Crippen LogP contribution in [0.25, 0.3) is 0 Å². The molecule has 0 radical (unpaired) electrons. The molecule has 1 amide bonds. The van der Waals surface area contributed by atoms with Crippen LogP contribution in [0.3, 0.4) is 0 Å². The molecule has 0 bridgehead atoms. The summed E-state index contributed by atoms with van der Waals surface area (Å²) in [7, 11) is 0. The molecule has 0 aliphatic carbocycles. The fourth-order valence-corrected chi connectivity index (χ4v) is 3.29. The van der Waals surface area contributed by atoms with Crippen molar-refractivity contribution >= 4 is 11.6 Å². The van der Waals surface area contributed by atoms with Crippen LogP contribution in [-0.4, -0.2) is 37.7 Å².